The number of hydrogen-bond acceptors (Lipinski definition) is 4. The van der Waals surface area contributed by atoms with Crippen LogP contribution in [0.1, 0.15) is 23.7 Å². The van der Waals surface area contributed by atoms with Crippen molar-refractivity contribution in [2.45, 2.75) is 27.7 Å². The fraction of sp³-hybridized carbons (Fsp3) is 0.417. The Kier molecular flexibility index (Phi) is 2.83. The van der Waals surface area contributed by atoms with Crippen molar-refractivity contribution in [3.63, 3.8) is 0 Å². The Labute approximate surface area is 99.5 Å². The summed E-state index contributed by atoms with van der Waals surface area (Å²) in [5.74, 6) is 0.389. The van der Waals surface area contributed by atoms with Crippen LogP contribution >= 0.6 is 0 Å². The van der Waals surface area contributed by atoms with Gasteiger partial charge in [0, 0.05) is 12.2 Å². The van der Waals surface area contributed by atoms with Crippen LogP contribution in [0.15, 0.2) is 10.9 Å². The lowest BCUT2D eigenvalue weighted by Crippen LogP contribution is -2.23. The van der Waals surface area contributed by atoms with Crippen LogP contribution in [-0.2, 0) is 0 Å². The highest BCUT2D eigenvalue weighted by Crippen LogP contribution is 2.14. The molecule has 2 rings (SSSR count). The molecule has 0 aromatic carbocycles. The molecule has 0 amide bonds. The Morgan fingerprint density at radius 2 is 2.00 bits per heavy atom. The van der Waals surface area contributed by atoms with Crippen molar-refractivity contribution in [1.29, 1.82) is 0 Å². The van der Waals surface area contributed by atoms with Gasteiger partial charge in [0.25, 0.3) is 0 Å². The summed E-state index contributed by atoms with van der Waals surface area (Å²) in [5, 5.41) is 2.96. The van der Waals surface area contributed by atoms with E-state index in [-0.39, 0.29) is 5.69 Å². The molecule has 17 heavy (non-hydrogen) atoms. The topological polar surface area (TPSA) is 59.3 Å². The molecular formula is C12H16N4O. The van der Waals surface area contributed by atoms with E-state index in [9.17, 15) is 4.79 Å². The monoisotopic (exact) mass is 232 g/mol. The van der Waals surface area contributed by atoms with Crippen molar-refractivity contribution in [2.75, 3.05) is 11.9 Å². The number of hydrogen-bond donors (Lipinski definition) is 1. The van der Waals surface area contributed by atoms with Gasteiger partial charge in [-0.1, -0.05) is 0 Å². The van der Waals surface area contributed by atoms with Crippen LogP contribution in [0, 0.1) is 20.8 Å². The van der Waals surface area contributed by atoms with Crippen LogP contribution < -0.4 is 11.0 Å². The molecule has 0 saturated carbocycles. The van der Waals surface area contributed by atoms with Crippen LogP contribution in [0.2, 0.25) is 0 Å². The highest BCUT2D eigenvalue weighted by molar-refractivity contribution is 5.49. The summed E-state index contributed by atoms with van der Waals surface area (Å²) in [7, 11) is 0. The zero-order valence-electron chi connectivity index (χ0n) is 10.5. The Morgan fingerprint density at radius 3 is 2.65 bits per heavy atom. The van der Waals surface area contributed by atoms with Gasteiger partial charge >= 0.3 is 5.69 Å². The minimum atomic E-state index is -0.286. The van der Waals surface area contributed by atoms with Crippen LogP contribution in [0.25, 0.3) is 5.65 Å². The van der Waals surface area contributed by atoms with Crippen LogP contribution in [0.4, 0.5) is 5.95 Å². The minimum absolute atomic E-state index is 0.286. The number of nitrogens with zero attached hydrogens (tertiary/aromatic N) is 3. The van der Waals surface area contributed by atoms with Gasteiger partial charge in [-0.25, -0.2) is 9.20 Å². The summed E-state index contributed by atoms with van der Waals surface area (Å²) in [5.41, 5.74) is 3.48. The van der Waals surface area contributed by atoms with Crippen molar-refractivity contribution < 1.29 is 0 Å². The molecule has 0 fully saturated rings. The number of aryl methyl sites for hydroxylation is 2. The lowest BCUT2D eigenvalue weighted by molar-refractivity contribution is 0.891. The molecule has 0 aliphatic carbocycles. The quantitative estimate of drug-likeness (QED) is 0.851. The maximum atomic E-state index is 11.9. The van der Waals surface area contributed by atoms with Crippen molar-refractivity contribution in [3.8, 4) is 0 Å². The number of rotatable bonds is 2. The van der Waals surface area contributed by atoms with E-state index >= 15 is 0 Å². The van der Waals surface area contributed by atoms with Crippen LogP contribution in [0.5, 0.6) is 0 Å². The smallest absolute Gasteiger partial charge is 0.354 e. The zero-order valence-corrected chi connectivity index (χ0v) is 10.5. The van der Waals surface area contributed by atoms with Gasteiger partial charge in [0.1, 0.15) is 5.65 Å². The highest BCUT2D eigenvalue weighted by Gasteiger charge is 2.08. The minimum Gasteiger partial charge on any atom is -0.354 e. The largest absolute Gasteiger partial charge is 0.356 e. The maximum absolute atomic E-state index is 11.9. The molecule has 5 nitrogen and oxygen atoms in total. The number of nitrogens with one attached hydrogen (secondary N) is 1. The van der Waals surface area contributed by atoms with Gasteiger partial charge in [-0.3, -0.25) is 0 Å². The molecule has 0 aliphatic heterocycles. The van der Waals surface area contributed by atoms with Crippen LogP contribution in [0.3, 0.4) is 0 Å². The predicted molar refractivity (Wildman–Crippen MR) is 67.6 cm³/mol. The molecule has 0 spiro atoms. The Hall–Kier alpha value is -1.91. The lowest BCUT2D eigenvalue weighted by atomic mass is 10.1. The second-order valence-electron chi connectivity index (χ2n) is 4.09. The Bertz CT molecular complexity index is 630. The molecule has 0 atom stereocenters. The lowest BCUT2D eigenvalue weighted by Gasteiger charge is -2.10. The molecule has 0 unspecified atom stereocenters. The number of pyridine rings is 1. The predicted octanol–water partition coefficient (Wildman–Crippen LogP) is 1.45. The molecule has 2 aromatic rings. The van der Waals surface area contributed by atoms with Crippen molar-refractivity contribution in [3.05, 3.63) is 33.4 Å². The van der Waals surface area contributed by atoms with Crippen molar-refractivity contribution >= 4 is 11.6 Å². The number of anilines is 1. The molecule has 0 aliphatic rings. The van der Waals surface area contributed by atoms with E-state index in [0.717, 1.165) is 16.8 Å². The summed E-state index contributed by atoms with van der Waals surface area (Å²) in [6.45, 7) is 8.56. The van der Waals surface area contributed by atoms with E-state index in [1.807, 2.05) is 33.8 Å². The van der Waals surface area contributed by atoms with Gasteiger partial charge in [-0.2, -0.15) is 9.97 Å². The second-order valence-corrected chi connectivity index (χ2v) is 4.09. The first kappa shape index (κ1) is 11.6. The normalized spacial score (nSPS) is 10.8. The average Bonchev–Trinajstić information content (AvgIpc) is 2.25. The van der Waals surface area contributed by atoms with E-state index in [0.29, 0.717) is 18.1 Å². The number of aromatic nitrogens is 3. The van der Waals surface area contributed by atoms with Crippen molar-refractivity contribution in [1.82, 2.24) is 14.4 Å². The molecule has 0 bridgehead atoms. The molecule has 0 saturated heterocycles. The molecule has 5 heteroatoms. The fourth-order valence-corrected chi connectivity index (χ4v) is 1.83. The van der Waals surface area contributed by atoms with Crippen molar-refractivity contribution in [2.24, 2.45) is 0 Å². The molecule has 2 aromatic heterocycles. The third-order valence-corrected chi connectivity index (χ3v) is 2.99. The second kappa shape index (κ2) is 4.16. The van der Waals surface area contributed by atoms with E-state index in [2.05, 4.69) is 15.3 Å². The van der Waals surface area contributed by atoms with E-state index < -0.39 is 0 Å². The molecular weight excluding hydrogens is 216 g/mol. The fourth-order valence-electron chi connectivity index (χ4n) is 1.83. The van der Waals surface area contributed by atoms with Gasteiger partial charge < -0.3 is 5.32 Å². The van der Waals surface area contributed by atoms with Gasteiger partial charge in [0.05, 0.1) is 0 Å². The van der Waals surface area contributed by atoms with Gasteiger partial charge in [0.15, 0.2) is 0 Å². The third kappa shape index (κ3) is 1.88. The first-order valence-corrected chi connectivity index (χ1v) is 5.66. The molecule has 1 N–H and O–H groups in total. The molecule has 0 radical (unpaired) electrons. The third-order valence-electron chi connectivity index (χ3n) is 2.99. The Morgan fingerprint density at radius 1 is 1.29 bits per heavy atom. The van der Waals surface area contributed by atoms with Crippen LogP contribution in [-0.4, -0.2) is 20.9 Å². The SMILES string of the molecule is CCNc1nc(=O)n2c(C)c(C)c(C)cc2n1. The Balaban J connectivity index is 2.82. The van der Waals surface area contributed by atoms with Gasteiger partial charge in [0.2, 0.25) is 5.95 Å². The molecule has 2 heterocycles. The van der Waals surface area contributed by atoms with Gasteiger partial charge in [-0.05, 0) is 44.9 Å². The van der Waals surface area contributed by atoms with Gasteiger partial charge in [-0.15, -0.1) is 0 Å². The van der Waals surface area contributed by atoms with E-state index in [4.69, 9.17) is 0 Å². The first-order valence-electron chi connectivity index (χ1n) is 5.66. The summed E-state index contributed by atoms with van der Waals surface area (Å²) in [6.07, 6.45) is 0. The summed E-state index contributed by atoms with van der Waals surface area (Å²) in [6, 6.07) is 1.91. The molecule has 90 valence electrons. The first-order chi connectivity index (χ1) is 8.04. The average molecular weight is 232 g/mol. The van der Waals surface area contributed by atoms with E-state index in [1.165, 1.54) is 0 Å². The van der Waals surface area contributed by atoms with E-state index in [1.54, 1.807) is 4.40 Å². The summed E-state index contributed by atoms with van der Waals surface area (Å²) < 4.78 is 1.54. The number of fused-ring (bicyclic) bond motifs is 1. The zero-order chi connectivity index (χ0) is 12.6. The maximum Gasteiger partial charge on any atom is 0.356 e. The summed E-state index contributed by atoms with van der Waals surface area (Å²) in [4.78, 5) is 20.2. The standard InChI is InChI=1S/C12H16N4O/c1-5-13-11-14-10-6-7(2)8(3)9(4)16(10)12(17)15-11/h6H,5H2,1-4H3,(H,13,15,17). The highest BCUT2D eigenvalue weighted by atomic mass is 16.1. The summed E-state index contributed by atoms with van der Waals surface area (Å²) >= 11 is 0.